The molecule has 0 aliphatic heterocycles. The van der Waals surface area contributed by atoms with Gasteiger partial charge in [-0.2, -0.15) is 0 Å². The first kappa shape index (κ1) is 17.7. The smallest absolute Gasteiger partial charge is 0.341 e. The Kier molecular flexibility index (Phi) is 6.36. The predicted octanol–water partition coefficient (Wildman–Crippen LogP) is 2.72. The van der Waals surface area contributed by atoms with Crippen LogP contribution in [0.5, 0.6) is 0 Å². The lowest BCUT2D eigenvalue weighted by Crippen LogP contribution is -2.39. The molecule has 1 atom stereocenters. The number of nitrogens with two attached hydrogens (primary N) is 1. The molecule has 6 heteroatoms. The summed E-state index contributed by atoms with van der Waals surface area (Å²) in [6.45, 7) is 9.74. The fourth-order valence-electron chi connectivity index (χ4n) is 2.01. The number of carbonyl (C=O) groups excluding carboxylic acids is 2. The molecule has 118 valence electrons. The highest BCUT2D eigenvalue weighted by molar-refractivity contribution is 7.16. The summed E-state index contributed by atoms with van der Waals surface area (Å²) in [5, 5.41) is 3.31. The lowest BCUT2D eigenvalue weighted by molar-refractivity contribution is -0.118. The highest BCUT2D eigenvalue weighted by Crippen LogP contribution is 2.34. The normalized spacial score (nSPS) is 12.3. The van der Waals surface area contributed by atoms with Crippen molar-refractivity contribution in [3.63, 3.8) is 0 Å². The highest BCUT2D eigenvalue weighted by Gasteiger charge is 2.25. The van der Waals surface area contributed by atoms with Gasteiger partial charge in [-0.3, -0.25) is 4.79 Å². The Balaban J connectivity index is 3.12. The van der Waals surface area contributed by atoms with Crippen molar-refractivity contribution in [2.24, 2.45) is 11.7 Å². The van der Waals surface area contributed by atoms with Crippen LogP contribution in [0.1, 0.15) is 48.5 Å². The Morgan fingerprint density at radius 1 is 1.33 bits per heavy atom. The van der Waals surface area contributed by atoms with Gasteiger partial charge in [-0.1, -0.05) is 20.8 Å². The third-order valence-electron chi connectivity index (χ3n) is 3.30. The van der Waals surface area contributed by atoms with Crippen molar-refractivity contribution < 1.29 is 14.3 Å². The van der Waals surface area contributed by atoms with Crippen LogP contribution in [0.2, 0.25) is 0 Å². The van der Waals surface area contributed by atoms with E-state index in [2.05, 4.69) is 5.32 Å². The number of amides is 1. The number of esters is 1. The van der Waals surface area contributed by atoms with Gasteiger partial charge in [-0.25, -0.2) is 4.79 Å². The van der Waals surface area contributed by atoms with Gasteiger partial charge in [0.15, 0.2) is 0 Å². The zero-order valence-electron chi connectivity index (χ0n) is 13.3. The third kappa shape index (κ3) is 4.04. The monoisotopic (exact) mass is 312 g/mol. The van der Waals surface area contributed by atoms with Gasteiger partial charge in [-0.15, -0.1) is 11.3 Å². The van der Waals surface area contributed by atoms with Crippen LogP contribution in [0.15, 0.2) is 0 Å². The lowest BCUT2D eigenvalue weighted by atomic mass is 10.0. The second-order valence-corrected chi connectivity index (χ2v) is 6.40. The SMILES string of the molecule is CCOC(=O)c1c(NC(=O)C(N)C(C)C)sc(C)c1CC. The van der Waals surface area contributed by atoms with Gasteiger partial charge in [0.05, 0.1) is 18.2 Å². The number of rotatable bonds is 6. The molecule has 1 aromatic rings. The average molecular weight is 312 g/mol. The second-order valence-electron chi connectivity index (χ2n) is 5.17. The van der Waals surface area contributed by atoms with E-state index in [1.54, 1.807) is 6.92 Å². The second kappa shape index (κ2) is 7.56. The van der Waals surface area contributed by atoms with Crippen LogP contribution >= 0.6 is 11.3 Å². The van der Waals surface area contributed by atoms with E-state index < -0.39 is 12.0 Å². The molecule has 0 fully saturated rings. The summed E-state index contributed by atoms with van der Waals surface area (Å²) in [4.78, 5) is 25.3. The molecule has 0 spiro atoms. The minimum Gasteiger partial charge on any atom is -0.462 e. The Morgan fingerprint density at radius 3 is 2.43 bits per heavy atom. The summed E-state index contributed by atoms with van der Waals surface area (Å²) in [5.41, 5.74) is 7.23. The van der Waals surface area contributed by atoms with Crippen molar-refractivity contribution in [2.45, 2.75) is 47.1 Å². The number of hydrogen-bond acceptors (Lipinski definition) is 5. The molecular weight excluding hydrogens is 288 g/mol. The molecular formula is C15H24N2O3S. The quantitative estimate of drug-likeness (QED) is 0.791. The largest absolute Gasteiger partial charge is 0.462 e. The molecule has 3 N–H and O–H groups in total. The molecule has 0 aliphatic carbocycles. The standard InChI is InChI=1S/C15H24N2O3S/c1-6-10-9(5)21-14(11(10)15(19)20-7-2)17-13(18)12(16)8(3)4/h8,12H,6-7,16H2,1-5H3,(H,17,18). The van der Waals surface area contributed by atoms with Crippen molar-refractivity contribution in [3.05, 3.63) is 16.0 Å². The van der Waals surface area contributed by atoms with Crippen LogP contribution in [0.25, 0.3) is 0 Å². The number of ether oxygens (including phenoxy) is 1. The third-order valence-corrected chi connectivity index (χ3v) is 4.36. The number of carbonyl (C=O) groups is 2. The van der Waals surface area contributed by atoms with Crippen LogP contribution in [0.4, 0.5) is 5.00 Å². The first-order valence-electron chi connectivity index (χ1n) is 7.19. The fourth-order valence-corrected chi connectivity index (χ4v) is 3.15. The first-order valence-corrected chi connectivity index (χ1v) is 8.00. The van der Waals surface area contributed by atoms with Crippen molar-refractivity contribution in [1.82, 2.24) is 0 Å². The van der Waals surface area contributed by atoms with Gasteiger partial charge >= 0.3 is 5.97 Å². The molecule has 0 radical (unpaired) electrons. The van der Waals surface area contributed by atoms with E-state index in [0.29, 0.717) is 23.6 Å². The summed E-state index contributed by atoms with van der Waals surface area (Å²) < 4.78 is 5.10. The fraction of sp³-hybridized carbons (Fsp3) is 0.600. The molecule has 1 rings (SSSR count). The molecule has 5 nitrogen and oxygen atoms in total. The van der Waals surface area contributed by atoms with Crippen molar-refractivity contribution in [3.8, 4) is 0 Å². The zero-order chi connectivity index (χ0) is 16.2. The lowest BCUT2D eigenvalue weighted by Gasteiger charge is -2.15. The van der Waals surface area contributed by atoms with Gasteiger partial charge in [0.25, 0.3) is 0 Å². The molecule has 1 amide bonds. The molecule has 0 aliphatic rings. The van der Waals surface area contributed by atoms with E-state index in [0.717, 1.165) is 10.4 Å². The summed E-state index contributed by atoms with van der Waals surface area (Å²) in [5.74, 6) is -0.644. The molecule has 0 saturated heterocycles. The van der Waals surface area contributed by atoms with E-state index in [4.69, 9.17) is 10.5 Å². The molecule has 0 bridgehead atoms. The van der Waals surface area contributed by atoms with E-state index in [-0.39, 0.29) is 11.8 Å². The summed E-state index contributed by atoms with van der Waals surface area (Å²) in [6.07, 6.45) is 0.711. The van der Waals surface area contributed by atoms with Gasteiger partial charge in [0.2, 0.25) is 5.91 Å². The van der Waals surface area contributed by atoms with Crippen molar-refractivity contribution in [2.75, 3.05) is 11.9 Å². The number of thiophene rings is 1. The Labute approximate surface area is 129 Å². The van der Waals surface area contributed by atoms with Crippen molar-refractivity contribution >= 4 is 28.2 Å². The van der Waals surface area contributed by atoms with Gasteiger partial charge in [0, 0.05) is 4.88 Å². The van der Waals surface area contributed by atoms with Crippen molar-refractivity contribution in [1.29, 1.82) is 0 Å². The summed E-state index contributed by atoms with van der Waals surface area (Å²) in [6, 6.07) is -0.604. The highest BCUT2D eigenvalue weighted by atomic mass is 32.1. The van der Waals surface area contributed by atoms with Crippen LogP contribution < -0.4 is 11.1 Å². The molecule has 1 aromatic heterocycles. The minimum absolute atomic E-state index is 0.0303. The van der Waals surface area contributed by atoms with Crippen LogP contribution in [-0.2, 0) is 16.0 Å². The van der Waals surface area contributed by atoms with E-state index in [1.807, 2.05) is 27.7 Å². The zero-order valence-corrected chi connectivity index (χ0v) is 14.1. The van der Waals surface area contributed by atoms with E-state index in [1.165, 1.54) is 11.3 Å². The van der Waals surface area contributed by atoms with Gasteiger partial charge < -0.3 is 15.8 Å². The number of hydrogen-bond donors (Lipinski definition) is 2. The molecule has 1 unspecified atom stereocenters. The van der Waals surface area contributed by atoms with E-state index >= 15 is 0 Å². The number of anilines is 1. The average Bonchev–Trinajstić information content (AvgIpc) is 2.73. The molecule has 1 heterocycles. The number of nitrogens with one attached hydrogen (secondary N) is 1. The Bertz CT molecular complexity index is 523. The number of aryl methyl sites for hydroxylation is 1. The molecule has 0 saturated carbocycles. The predicted molar refractivity (Wildman–Crippen MR) is 85.8 cm³/mol. The summed E-state index contributed by atoms with van der Waals surface area (Å²) in [7, 11) is 0. The topological polar surface area (TPSA) is 81.4 Å². The minimum atomic E-state index is -0.604. The van der Waals surface area contributed by atoms with Crippen LogP contribution in [0.3, 0.4) is 0 Å². The Morgan fingerprint density at radius 2 is 1.95 bits per heavy atom. The first-order chi connectivity index (χ1) is 9.83. The molecule has 0 aromatic carbocycles. The maximum atomic E-state index is 12.1. The maximum absolute atomic E-state index is 12.1. The van der Waals surface area contributed by atoms with Gasteiger partial charge in [0.1, 0.15) is 5.00 Å². The summed E-state index contributed by atoms with van der Waals surface area (Å²) >= 11 is 1.39. The van der Waals surface area contributed by atoms with Crippen LogP contribution in [-0.4, -0.2) is 24.5 Å². The molecule has 21 heavy (non-hydrogen) atoms. The Hall–Kier alpha value is -1.40. The van der Waals surface area contributed by atoms with Crippen LogP contribution in [0, 0.1) is 12.8 Å². The maximum Gasteiger partial charge on any atom is 0.341 e. The van der Waals surface area contributed by atoms with Gasteiger partial charge in [-0.05, 0) is 31.7 Å². The van der Waals surface area contributed by atoms with E-state index in [9.17, 15) is 9.59 Å².